The van der Waals surface area contributed by atoms with Gasteiger partial charge in [-0.2, -0.15) is 10.2 Å². The van der Waals surface area contributed by atoms with Crippen molar-refractivity contribution in [2.24, 2.45) is 11.0 Å². The summed E-state index contributed by atoms with van der Waals surface area (Å²) in [6, 6.07) is 15.5. The zero-order valence-electron chi connectivity index (χ0n) is 19.5. The molecule has 1 saturated carbocycles. The van der Waals surface area contributed by atoms with Crippen LogP contribution in [0.3, 0.4) is 0 Å². The van der Waals surface area contributed by atoms with Crippen molar-refractivity contribution in [3.63, 3.8) is 0 Å². The minimum Gasteiger partial charge on any atom is -0.265 e. The molecule has 2 aromatic carbocycles. The van der Waals surface area contributed by atoms with Gasteiger partial charge >= 0.3 is 11.6 Å². The lowest BCUT2D eigenvalue weighted by molar-refractivity contribution is -0.385. The summed E-state index contributed by atoms with van der Waals surface area (Å²) >= 11 is 6.96. The molecule has 2 heterocycles. The predicted molar refractivity (Wildman–Crippen MR) is 145 cm³/mol. The Balaban J connectivity index is 1.60. The minimum absolute atomic E-state index is 0.0158. The Bertz CT molecular complexity index is 1380. The molecule has 0 saturated heterocycles. The number of nitro groups is 1. The van der Waals surface area contributed by atoms with E-state index < -0.39 is 10.8 Å². The Morgan fingerprint density at radius 2 is 1.81 bits per heavy atom. The Morgan fingerprint density at radius 1 is 1.14 bits per heavy atom. The summed E-state index contributed by atoms with van der Waals surface area (Å²) in [4.78, 5) is 25.0. The van der Waals surface area contributed by atoms with Gasteiger partial charge in [-0.25, -0.2) is 5.01 Å². The van der Waals surface area contributed by atoms with Crippen LogP contribution in [0.2, 0.25) is 0 Å². The summed E-state index contributed by atoms with van der Waals surface area (Å²) in [6.07, 6.45) is 6.11. The van der Waals surface area contributed by atoms with Crippen LogP contribution in [0.15, 0.2) is 74.3 Å². The van der Waals surface area contributed by atoms with E-state index in [4.69, 9.17) is 5.10 Å². The van der Waals surface area contributed by atoms with Crippen molar-refractivity contribution in [1.82, 2.24) is 14.8 Å². The highest BCUT2D eigenvalue weighted by molar-refractivity contribution is 9.10. The maximum atomic E-state index is 13.8. The first-order chi connectivity index (χ1) is 17.4. The van der Waals surface area contributed by atoms with E-state index in [9.17, 15) is 14.9 Å². The molecule has 0 bridgehead atoms. The Hall–Kier alpha value is -3.11. The third-order valence-corrected chi connectivity index (χ3v) is 7.66. The first-order valence-electron chi connectivity index (χ1n) is 11.7. The molecule has 8 nitrogen and oxygen atoms in total. The highest BCUT2D eigenvalue weighted by atomic mass is 79.9. The monoisotopic (exact) mass is 611 g/mol. The molecule has 36 heavy (non-hydrogen) atoms. The van der Waals surface area contributed by atoms with Crippen LogP contribution < -0.4 is 0 Å². The number of halogens is 2. The van der Waals surface area contributed by atoms with E-state index in [1.807, 2.05) is 55.5 Å². The third kappa shape index (κ3) is 4.67. The van der Waals surface area contributed by atoms with Gasteiger partial charge in [-0.05, 0) is 73.2 Å². The summed E-state index contributed by atoms with van der Waals surface area (Å²) in [5.74, 6) is -0.579. The van der Waals surface area contributed by atoms with Gasteiger partial charge in [-0.3, -0.25) is 19.6 Å². The number of hydrogen-bond donors (Lipinski definition) is 0. The Kier molecular flexibility index (Phi) is 6.90. The van der Waals surface area contributed by atoms with Gasteiger partial charge in [-0.15, -0.1) is 0 Å². The van der Waals surface area contributed by atoms with Crippen LogP contribution in [-0.2, 0) is 6.54 Å². The molecule has 1 amide bonds. The number of allylic oxidation sites excluding steroid dienone is 1. The SMILES string of the molecule is CCn1cc([N+](=O)[O-])c(C(=O)N2N=C3/C(=C\c4ccc(Br)cc4)CCCC3C2c2ccc(Br)cc2)n1. The summed E-state index contributed by atoms with van der Waals surface area (Å²) in [5, 5.41) is 22.2. The fourth-order valence-corrected chi connectivity index (χ4v) is 5.42. The molecule has 2 atom stereocenters. The van der Waals surface area contributed by atoms with Gasteiger partial charge in [0.15, 0.2) is 0 Å². The number of aromatic nitrogens is 2. The van der Waals surface area contributed by atoms with Gasteiger partial charge in [0.05, 0.1) is 16.7 Å². The van der Waals surface area contributed by atoms with Gasteiger partial charge in [-0.1, -0.05) is 56.1 Å². The summed E-state index contributed by atoms with van der Waals surface area (Å²) < 4.78 is 3.35. The number of amides is 1. The molecule has 1 aliphatic heterocycles. The predicted octanol–water partition coefficient (Wildman–Crippen LogP) is 6.77. The molecule has 2 aliphatic rings. The fourth-order valence-electron chi connectivity index (χ4n) is 4.89. The van der Waals surface area contributed by atoms with Crippen LogP contribution >= 0.6 is 31.9 Å². The van der Waals surface area contributed by atoms with Gasteiger partial charge in [0.2, 0.25) is 5.69 Å². The number of benzene rings is 2. The minimum atomic E-state index is -0.563. The Morgan fingerprint density at radius 3 is 2.44 bits per heavy atom. The first-order valence-corrected chi connectivity index (χ1v) is 13.3. The van der Waals surface area contributed by atoms with Crippen molar-refractivity contribution >= 4 is 55.2 Å². The van der Waals surface area contributed by atoms with Crippen molar-refractivity contribution in [3.05, 3.63) is 96.2 Å². The van der Waals surface area contributed by atoms with Crippen LogP contribution in [0.4, 0.5) is 5.69 Å². The van der Waals surface area contributed by atoms with E-state index >= 15 is 0 Å². The van der Waals surface area contributed by atoms with Crippen molar-refractivity contribution in [2.45, 2.75) is 38.8 Å². The normalized spacial score (nSPS) is 20.4. The summed E-state index contributed by atoms with van der Waals surface area (Å²) in [5.41, 5.74) is 3.43. The number of rotatable bonds is 5. The highest BCUT2D eigenvalue weighted by Gasteiger charge is 2.45. The first kappa shape index (κ1) is 24.6. The Labute approximate surface area is 225 Å². The number of fused-ring (bicyclic) bond motifs is 1. The van der Waals surface area contributed by atoms with Crippen LogP contribution in [0, 0.1) is 16.0 Å². The molecule has 1 fully saturated rings. The maximum absolute atomic E-state index is 13.8. The van der Waals surface area contributed by atoms with E-state index in [2.05, 4.69) is 43.0 Å². The maximum Gasteiger partial charge on any atom is 0.320 e. The number of carbonyl (C=O) groups excluding carboxylic acids is 1. The molecule has 1 aliphatic carbocycles. The van der Waals surface area contributed by atoms with Crippen LogP contribution in [0.5, 0.6) is 0 Å². The van der Waals surface area contributed by atoms with E-state index in [0.717, 1.165) is 50.6 Å². The van der Waals surface area contributed by atoms with Crippen molar-refractivity contribution in [3.8, 4) is 0 Å². The van der Waals surface area contributed by atoms with Gasteiger partial charge in [0.25, 0.3) is 0 Å². The third-order valence-electron chi connectivity index (χ3n) is 6.60. The van der Waals surface area contributed by atoms with Crippen LogP contribution in [-0.4, -0.2) is 31.3 Å². The number of nitrogens with zero attached hydrogens (tertiary/aromatic N) is 5. The van der Waals surface area contributed by atoms with E-state index in [-0.39, 0.29) is 23.3 Å². The molecular formula is C26H23Br2N5O3. The fraction of sp³-hybridized carbons (Fsp3) is 0.269. The lowest BCUT2D eigenvalue weighted by Gasteiger charge is -2.29. The number of hydrogen-bond acceptors (Lipinski definition) is 5. The van der Waals surface area contributed by atoms with Crippen molar-refractivity contribution in [2.75, 3.05) is 0 Å². The molecule has 2 unspecified atom stereocenters. The molecule has 0 N–H and O–H groups in total. The van der Waals surface area contributed by atoms with Crippen molar-refractivity contribution < 1.29 is 9.72 Å². The average molecular weight is 613 g/mol. The van der Waals surface area contributed by atoms with Gasteiger partial charge < -0.3 is 0 Å². The van der Waals surface area contributed by atoms with E-state index in [1.165, 1.54) is 15.9 Å². The molecule has 184 valence electrons. The lowest BCUT2D eigenvalue weighted by atomic mass is 9.77. The summed E-state index contributed by atoms with van der Waals surface area (Å²) in [7, 11) is 0. The zero-order chi connectivity index (χ0) is 25.4. The molecule has 1 aromatic heterocycles. The number of hydrazone groups is 1. The van der Waals surface area contributed by atoms with Crippen LogP contribution in [0.25, 0.3) is 6.08 Å². The molecule has 0 spiro atoms. The largest absolute Gasteiger partial charge is 0.320 e. The molecular weight excluding hydrogens is 590 g/mol. The van der Waals surface area contributed by atoms with Crippen molar-refractivity contribution in [1.29, 1.82) is 0 Å². The quantitative estimate of drug-likeness (QED) is 0.235. The number of carbonyl (C=O) groups is 1. The van der Waals surface area contributed by atoms with Gasteiger partial charge in [0, 0.05) is 21.4 Å². The topological polar surface area (TPSA) is 93.6 Å². The average Bonchev–Trinajstić information content (AvgIpc) is 3.49. The second kappa shape index (κ2) is 10.1. The molecule has 3 aromatic rings. The lowest BCUT2D eigenvalue weighted by Crippen LogP contribution is -2.32. The highest BCUT2D eigenvalue weighted by Crippen LogP contribution is 2.45. The summed E-state index contributed by atoms with van der Waals surface area (Å²) in [6.45, 7) is 2.24. The molecule has 5 rings (SSSR count). The second-order valence-corrected chi connectivity index (χ2v) is 10.7. The number of aryl methyl sites for hydroxylation is 1. The molecule has 10 heteroatoms. The van der Waals surface area contributed by atoms with Gasteiger partial charge in [0.1, 0.15) is 6.20 Å². The molecule has 0 radical (unpaired) electrons. The standard InChI is InChI=1S/C26H23Br2N5O3/c1-2-31-15-22(33(35)36)24(29-31)26(34)32-25(17-8-12-20(28)13-9-17)21-5-3-4-18(23(21)30-32)14-16-6-10-19(27)11-7-16/h6-15,21,25H,2-5H2,1H3/b18-14-. The van der Waals surface area contributed by atoms with E-state index in [0.29, 0.717) is 6.54 Å². The zero-order valence-corrected chi connectivity index (χ0v) is 22.6. The second-order valence-electron chi connectivity index (χ2n) is 8.83. The van der Waals surface area contributed by atoms with Crippen LogP contribution in [0.1, 0.15) is 53.8 Å². The van der Waals surface area contributed by atoms with E-state index in [1.54, 1.807) is 0 Å². The smallest absolute Gasteiger partial charge is 0.265 e.